The molecule has 0 atom stereocenters. The van der Waals surface area contributed by atoms with Gasteiger partial charge in [-0.1, -0.05) is 0 Å². The van der Waals surface area contributed by atoms with Crippen molar-refractivity contribution in [2.45, 2.75) is 12.8 Å². The average molecular weight is 278 g/mol. The van der Waals surface area contributed by atoms with Crippen molar-refractivity contribution in [3.05, 3.63) is 27.9 Å². The quantitative estimate of drug-likeness (QED) is 0.671. The van der Waals surface area contributed by atoms with Crippen molar-refractivity contribution in [3.8, 4) is 6.07 Å². The minimum Gasteiger partial charge on any atom is -0.369 e. The highest BCUT2D eigenvalue weighted by Crippen LogP contribution is 2.24. The van der Waals surface area contributed by atoms with Crippen LogP contribution >= 0.6 is 11.8 Å². The third-order valence-electron chi connectivity index (χ3n) is 3.10. The van der Waals surface area contributed by atoms with E-state index in [2.05, 4.69) is 10.3 Å². The van der Waals surface area contributed by atoms with E-state index in [0.717, 1.165) is 19.4 Å². The number of hydrogen-bond donors (Lipinski definition) is 1. The molecule has 1 aromatic heterocycles. The first-order valence-electron chi connectivity index (χ1n) is 6.07. The second-order valence-corrected chi connectivity index (χ2v) is 5.62. The van der Waals surface area contributed by atoms with E-state index >= 15 is 0 Å². The molecule has 6 nitrogen and oxygen atoms in total. The lowest BCUT2D eigenvalue weighted by Gasteiger charge is -2.21. The van der Waals surface area contributed by atoms with E-state index in [0.29, 0.717) is 11.7 Å². The lowest BCUT2D eigenvalue weighted by Crippen LogP contribution is -2.20. The molecule has 1 N–H and O–H groups in total. The van der Waals surface area contributed by atoms with E-state index in [1.807, 2.05) is 17.8 Å². The Kier molecular flexibility index (Phi) is 4.58. The minimum absolute atomic E-state index is 0.156. The molecule has 0 radical (unpaired) electrons. The highest BCUT2D eigenvalue weighted by Gasteiger charge is 2.16. The van der Waals surface area contributed by atoms with Crippen molar-refractivity contribution in [1.29, 1.82) is 5.26 Å². The summed E-state index contributed by atoms with van der Waals surface area (Å²) in [6.07, 6.45) is 3.50. The Morgan fingerprint density at radius 3 is 2.95 bits per heavy atom. The molecule has 0 aromatic carbocycles. The number of pyridine rings is 1. The smallest absolute Gasteiger partial charge is 0.289 e. The van der Waals surface area contributed by atoms with Gasteiger partial charge in [0.25, 0.3) is 5.69 Å². The van der Waals surface area contributed by atoms with Gasteiger partial charge in [0.15, 0.2) is 0 Å². The first-order chi connectivity index (χ1) is 9.20. The van der Waals surface area contributed by atoms with Gasteiger partial charge in [0, 0.05) is 12.6 Å². The molecule has 100 valence electrons. The van der Waals surface area contributed by atoms with Crippen LogP contribution in [0.4, 0.5) is 11.5 Å². The van der Waals surface area contributed by atoms with Crippen LogP contribution in [0.3, 0.4) is 0 Å². The van der Waals surface area contributed by atoms with Crippen LogP contribution in [-0.4, -0.2) is 28.0 Å². The summed E-state index contributed by atoms with van der Waals surface area (Å²) in [6, 6.07) is 3.20. The Morgan fingerprint density at radius 2 is 2.32 bits per heavy atom. The molecule has 0 unspecified atom stereocenters. The van der Waals surface area contributed by atoms with E-state index < -0.39 is 4.92 Å². The molecule has 1 aliphatic heterocycles. The van der Waals surface area contributed by atoms with Gasteiger partial charge in [0.05, 0.1) is 4.92 Å². The fourth-order valence-electron chi connectivity index (χ4n) is 1.97. The molecule has 0 saturated carbocycles. The lowest BCUT2D eigenvalue weighted by atomic mass is 10.0. The fourth-order valence-corrected chi connectivity index (χ4v) is 3.18. The summed E-state index contributed by atoms with van der Waals surface area (Å²) < 4.78 is 0. The first-order valence-corrected chi connectivity index (χ1v) is 7.22. The van der Waals surface area contributed by atoms with Gasteiger partial charge in [-0.3, -0.25) is 10.1 Å². The Balaban J connectivity index is 2.03. The summed E-state index contributed by atoms with van der Waals surface area (Å²) in [7, 11) is 0. The normalized spacial score (nSPS) is 15.7. The third kappa shape index (κ3) is 3.58. The molecule has 2 heterocycles. The molecule has 1 aromatic rings. The van der Waals surface area contributed by atoms with Crippen molar-refractivity contribution >= 4 is 23.3 Å². The Morgan fingerprint density at radius 1 is 1.58 bits per heavy atom. The highest BCUT2D eigenvalue weighted by atomic mass is 32.2. The second-order valence-electron chi connectivity index (χ2n) is 4.40. The highest BCUT2D eigenvalue weighted by molar-refractivity contribution is 7.99. The number of rotatable bonds is 4. The molecule has 0 aliphatic carbocycles. The summed E-state index contributed by atoms with van der Waals surface area (Å²) in [4.78, 5) is 14.0. The molecular formula is C12H14N4O2S. The van der Waals surface area contributed by atoms with Crippen molar-refractivity contribution in [2.75, 3.05) is 23.4 Å². The number of nitrogens with one attached hydrogen (secondary N) is 1. The van der Waals surface area contributed by atoms with E-state index in [9.17, 15) is 10.1 Å². The molecule has 0 bridgehead atoms. The van der Waals surface area contributed by atoms with E-state index in [4.69, 9.17) is 5.26 Å². The van der Waals surface area contributed by atoms with Crippen LogP contribution in [0, 0.1) is 27.4 Å². The summed E-state index contributed by atoms with van der Waals surface area (Å²) in [5, 5.41) is 22.8. The number of nitrogens with zero attached hydrogens (tertiary/aromatic N) is 3. The number of anilines is 1. The summed E-state index contributed by atoms with van der Waals surface area (Å²) in [5.74, 6) is 3.37. The molecule has 0 amide bonds. The molecule has 0 spiro atoms. The van der Waals surface area contributed by atoms with Gasteiger partial charge in [-0.2, -0.15) is 17.0 Å². The topological polar surface area (TPSA) is 91.8 Å². The summed E-state index contributed by atoms with van der Waals surface area (Å²) in [6.45, 7) is 0.764. The van der Waals surface area contributed by atoms with E-state index in [-0.39, 0.29) is 11.3 Å². The van der Waals surface area contributed by atoms with Gasteiger partial charge in [-0.05, 0) is 30.3 Å². The van der Waals surface area contributed by atoms with Gasteiger partial charge >= 0.3 is 0 Å². The summed E-state index contributed by atoms with van der Waals surface area (Å²) >= 11 is 1.96. The largest absolute Gasteiger partial charge is 0.369 e. The van der Waals surface area contributed by atoms with Gasteiger partial charge in [0.1, 0.15) is 23.6 Å². The van der Waals surface area contributed by atoms with E-state index in [1.54, 1.807) is 0 Å². The van der Waals surface area contributed by atoms with Gasteiger partial charge < -0.3 is 5.32 Å². The minimum atomic E-state index is -0.546. The van der Waals surface area contributed by atoms with Gasteiger partial charge in [-0.25, -0.2) is 4.98 Å². The third-order valence-corrected chi connectivity index (χ3v) is 4.15. The van der Waals surface area contributed by atoms with Crippen molar-refractivity contribution < 1.29 is 4.92 Å². The van der Waals surface area contributed by atoms with Gasteiger partial charge in [0.2, 0.25) is 0 Å². The molecule has 1 aliphatic rings. The molecule has 7 heteroatoms. The fraction of sp³-hybridized carbons (Fsp3) is 0.500. The Bertz CT molecular complexity index is 509. The van der Waals surface area contributed by atoms with Crippen LogP contribution < -0.4 is 5.32 Å². The first kappa shape index (κ1) is 13.6. The lowest BCUT2D eigenvalue weighted by molar-refractivity contribution is -0.385. The standard InChI is InChI=1S/C12H14N4O2S/c13-6-10-5-11(16(17)18)8-15-12(10)14-7-9-1-3-19-4-2-9/h5,8-9H,1-4,7H2,(H,14,15). The molecule has 2 rings (SSSR count). The molecular weight excluding hydrogens is 264 g/mol. The maximum atomic E-state index is 10.6. The Labute approximate surface area is 115 Å². The van der Waals surface area contributed by atoms with Crippen LogP contribution in [0.5, 0.6) is 0 Å². The summed E-state index contributed by atoms with van der Waals surface area (Å²) in [5.41, 5.74) is 0.0653. The molecule has 1 saturated heterocycles. The van der Waals surface area contributed by atoms with E-state index in [1.165, 1.54) is 23.8 Å². The monoisotopic (exact) mass is 278 g/mol. The van der Waals surface area contributed by atoms with Gasteiger partial charge in [-0.15, -0.1) is 0 Å². The maximum absolute atomic E-state index is 10.6. The maximum Gasteiger partial charge on any atom is 0.289 e. The predicted octanol–water partition coefficient (Wildman–Crippen LogP) is 2.42. The van der Waals surface area contributed by atoms with Crippen molar-refractivity contribution in [3.63, 3.8) is 0 Å². The zero-order chi connectivity index (χ0) is 13.7. The zero-order valence-corrected chi connectivity index (χ0v) is 11.2. The zero-order valence-electron chi connectivity index (χ0n) is 10.3. The second kappa shape index (κ2) is 6.38. The SMILES string of the molecule is N#Cc1cc([N+](=O)[O-])cnc1NCC1CCSCC1. The van der Waals surface area contributed by atoms with Crippen molar-refractivity contribution in [1.82, 2.24) is 4.98 Å². The van der Waals surface area contributed by atoms with Crippen LogP contribution in [0.1, 0.15) is 18.4 Å². The van der Waals surface area contributed by atoms with Crippen LogP contribution in [0.2, 0.25) is 0 Å². The van der Waals surface area contributed by atoms with Crippen LogP contribution in [-0.2, 0) is 0 Å². The number of hydrogen-bond acceptors (Lipinski definition) is 6. The predicted molar refractivity (Wildman–Crippen MR) is 74.1 cm³/mol. The average Bonchev–Trinajstić information content (AvgIpc) is 2.45. The number of nitro groups is 1. The van der Waals surface area contributed by atoms with Crippen molar-refractivity contribution in [2.24, 2.45) is 5.92 Å². The Hall–Kier alpha value is -1.81. The molecule has 19 heavy (non-hydrogen) atoms. The number of aromatic nitrogens is 1. The molecule has 1 fully saturated rings. The van der Waals surface area contributed by atoms with Crippen LogP contribution in [0.25, 0.3) is 0 Å². The number of thioether (sulfide) groups is 1. The number of nitriles is 1. The van der Waals surface area contributed by atoms with Crippen LogP contribution in [0.15, 0.2) is 12.3 Å².